The average molecular weight is 228 g/mol. The molecule has 1 aromatic carbocycles. The Hall–Kier alpha value is -1.37. The van der Waals surface area contributed by atoms with Crippen LogP contribution in [-0.2, 0) is 11.2 Å². The molecule has 0 saturated heterocycles. The highest BCUT2D eigenvalue weighted by atomic mass is 16.1. The molecule has 0 bridgehead atoms. The first-order valence-electron chi connectivity index (χ1n) is 6.28. The van der Waals surface area contributed by atoms with E-state index in [0.29, 0.717) is 5.78 Å². The number of Topliss-reactive ketones (excluding diaryl/α,β-unsaturated/α-hetero) is 1. The van der Waals surface area contributed by atoms with Crippen molar-refractivity contribution in [3.05, 3.63) is 47.5 Å². The van der Waals surface area contributed by atoms with Crippen LogP contribution in [0.4, 0.5) is 0 Å². The molecule has 0 saturated carbocycles. The van der Waals surface area contributed by atoms with E-state index in [1.165, 1.54) is 5.56 Å². The molecule has 1 nitrogen and oxygen atoms in total. The highest BCUT2D eigenvalue weighted by Gasteiger charge is 2.35. The zero-order chi connectivity index (χ0) is 12.5. The minimum atomic E-state index is 0.108. The summed E-state index contributed by atoms with van der Waals surface area (Å²) in [5.74, 6) is 0.455. The van der Waals surface area contributed by atoms with Gasteiger partial charge in [0.05, 0.1) is 0 Å². The predicted octanol–water partition coefficient (Wildman–Crippen LogP) is 3.79. The number of carbonyl (C=O) groups is 1. The molecular weight excluding hydrogens is 208 g/mol. The molecule has 0 aliphatic heterocycles. The molecule has 0 amide bonds. The fourth-order valence-corrected chi connectivity index (χ4v) is 2.27. The molecule has 1 atom stereocenters. The van der Waals surface area contributed by atoms with Gasteiger partial charge in [-0.3, -0.25) is 4.79 Å². The van der Waals surface area contributed by atoms with E-state index >= 15 is 0 Å². The van der Waals surface area contributed by atoms with Crippen LogP contribution in [0.3, 0.4) is 0 Å². The third kappa shape index (κ3) is 2.49. The topological polar surface area (TPSA) is 17.1 Å². The van der Waals surface area contributed by atoms with Crippen molar-refractivity contribution in [1.29, 1.82) is 0 Å². The molecule has 1 aliphatic rings. The lowest BCUT2D eigenvalue weighted by Crippen LogP contribution is -2.33. The van der Waals surface area contributed by atoms with Crippen molar-refractivity contribution in [3.8, 4) is 0 Å². The van der Waals surface area contributed by atoms with E-state index in [2.05, 4.69) is 39.0 Å². The summed E-state index contributed by atoms with van der Waals surface area (Å²) in [6, 6.07) is 10.2. The Balaban J connectivity index is 2.18. The van der Waals surface area contributed by atoms with Gasteiger partial charge in [-0.25, -0.2) is 0 Å². The van der Waals surface area contributed by atoms with E-state index in [-0.39, 0.29) is 11.3 Å². The standard InChI is InChI=1S/C16H20O/c1-12-15(17)14(9-10-16(12,2)3)11-13-7-5-4-6-8-13/h4-9,12H,10-11H2,1-3H3. The van der Waals surface area contributed by atoms with Crippen molar-refractivity contribution in [2.45, 2.75) is 33.6 Å². The van der Waals surface area contributed by atoms with Gasteiger partial charge in [0.2, 0.25) is 0 Å². The second-order valence-corrected chi connectivity index (χ2v) is 5.67. The molecule has 1 aromatic rings. The molecular formula is C16H20O. The van der Waals surface area contributed by atoms with Gasteiger partial charge in [-0.15, -0.1) is 0 Å². The normalized spacial score (nSPS) is 23.4. The zero-order valence-corrected chi connectivity index (χ0v) is 10.9. The zero-order valence-electron chi connectivity index (χ0n) is 10.9. The summed E-state index contributed by atoms with van der Waals surface area (Å²) in [6.07, 6.45) is 3.91. The Labute approximate surface area is 104 Å². The second kappa shape index (κ2) is 4.48. The molecule has 0 spiro atoms. The van der Waals surface area contributed by atoms with Crippen LogP contribution in [0.15, 0.2) is 42.0 Å². The van der Waals surface area contributed by atoms with Gasteiger partial charge < -0.3 is 0 Å². The fraction of sp³-hybridized carbons (Fsp3) is 0.438. The fourth-order valence-electron chi connectivity index (χ4n) is 2.27. The number of benzene rings is 1. The summed E-state index contributed by atoms with van der Waals surface area (Å²) in [4.78, 5) is 12.3. The largest absolute Gasteiger partial charge is 0.294 e. The summed E-state index contributed by atoms with van der Waals surface area (Å²) in [5, 5.41) is 0. The molecule has 0 radical (unpaired) electrons. The quantitative estimate of drug-likeness (QED) is 0.752. The third-order valence-electron chi connectivity index (χ3n) is 3.99. The van der Waals surface area contributed by atoms with Crippen molar-refractivity contribution in [1.82, 2.24) is 0 Å². The third-order valence-corrected chi connectivity index (χ3v) is 3.99. The Bertz CT molecular complexity index is 440. The van der Waals surface area contributed by atoms with Gasteiger partial charge in [0.1, 0.15) is 0 Å². The lowest BCUT2D eigenvalue weighted by molar-refractivity contribution is -0.122. The SMILES string of the molecule is CC1C(=O)C(Cc2ccccc2)=CCC1(C)C. The minimum absolute atomic E-state index is 0.108. The highest BCUT2D eigenvalue weighted by Crippen LogP contribution is 2.38. The van der Waals surface area contributed by atoms with Crippen molar-refractivity contribution in [3.63, 3.8) is 0 Å². The lowest BCUT2D eigenvalue weighted by Gasteiger charge is -2.34. The van der Waals surface area contributed by atoms with Crippen molar-refractivity contribution in [2.75, 3.05) is 0 Å². The van der Waals surface area contributed by atoms with Gasteiger partial charge in [-0.05, 0) is 23.0 Å². The van der Waals surface area contributed by atoms with Crippen LogP contribution in [-0.4, -0.2) is 5.78 Å². The monoisotopic (exact) mass is 228 g/mol. The van der Waals surface area contributed by atoms with Crippen LogP contribution in [0.25, 0.3) is 0 Å². The maximum absolute atomic E-state index is 12.3. The van der Waals surface area contributed by atoms with E-state index in [1.54, 1.807) is 0 Å². The summed E-state index contributed by atoms with van der Waals surface area (Å²) in [7, 11) is 0. The van der Waals surface area contributed by atoms with Crippen LogP contribution in [0.5, 0.6) is 0 Å². The molecule has 1 unspecified atom stereocenters. The number of hydrogen-bond donors (Lipinski definition) is 0. The van der Waals surface area contributed by atoms with E-state index in [9.17, 15) is 4.79 Å². The molecule has 0 N–H and O–H groups in total. The smallest absolute Gasteiger partial charge is 0.162 e. The molecule has 2 rings (SSSR count). The average Bonchev–Trinajstić information content (AvgIpc) is 2.32. The van der Waals surface area contributed by atoms with Gasteiger partial charge in [-0.1, -0.05) is 57.2 Å². The number of carbonyl (C=O) groups excluding carboxylic acids is 1. The number of ketones is 1. The van der Waals surface area contributed by atoms with Gasteiger partial charge in [0, 0.05) is 12.3 Å². The minimum Gasteiger partial charge on any atom is -0.294 e. The summed E-state index contributed by atoms with van der Waals surface area (Å²) >= 11 is 0. The van der Waals surface area contributed by atoms with Gasteiger partial charge in [-0.2, -0.15) is 0 Å². The van der Waals surface area contributed by atoms with Crippen molar-refractivity contribution >= 4 is 5.78 Å². The summed E-state index contributed by atoms with van der Waals surface area (Å²) in [5.41, 5.74) is 2.32. The summed E-state index contributed by atoms with van der Waals surface area (Å²) in [6.45, 7) is 6.40. The molecule has 1 heteroatoms. The first-order chi connectivity index (χ1) is 8.00. The summed E-state index contributed by atoms with van der Waals surface area (Å²) < 4.78 is 0. The molecule has 90 valence electrons. The van der Waals surface area contributed by atoms with Gasteiger partial charge in [0.15, 0.2) is 5.78 Å². The molecule has 0 fully saturated rings. The number of allylic oxidation sites excluding steroid dienone is 2. The highest BCUT2D eigenvalue weighted by molar-refractivity contribution is 5.98. The first kappa shape index (κ1) is 12.1. The van der Waals surface area contributed by atoms with Crippen molar-refractivity contribution < 1.29 is 4.79 Å². The Morgan fingerprint density at radius 1 is 1.24 bits per heavy atom. The van der Waals surface area contributed by atoms with E-state index in [1.807, 2.05) is 18.2 Å². The van der Waals surface area contributed by atoms with E-state index < -0.39 is 0 Å². The van der Waals surface area contributed by atoms with E-state index in [4.69, 9.17) is 0 Å². The van der Waals surface area contributed by atoms with Crippen LogP contribution in [0.1, 0.15) is 32.8 Å². The molecule has 0 heterocycles. The van der Waals surface area contributed by atoms with Crippen LogP contribution in [0.2, 0.25) is 0 Å². The van der Waals surface area contributed by atoms with Crippen molar-refractivity contribution in [2.24, 2.45) is 11.3 Å². The van der Waals surface area contributed by atoms with Crippen LogP contribution < -0.4 is 0 Å². The van der Waals surface area contributed by atoms with Gasteiger partial charge >= 0.3 is 0 Å². The molecule has 0 aromatic heterocycles. The Kier molecular flexibility index (Phi) is 3.19. The second-order valence-electron chi connectivity index (χ2n) is 5.67. The Morgan fingerprint density at radius 2 is 1.88 bits per heavy atom. The number of rotatable bonds is 2. The predicted molar refractivity (Wildman–Crippen MR) is 70.8 cm³/mol. The van der Waals surface area contributed by atoms with Crippen LogP contribution in [0, 0.1) is 11.3 Å². The van der Waals surface area contributed by atoms with Gasteiger partial charge in [0.25, 0.3) is 0 Å². The number of hydrogen-bond acceptors (Lipinski definition) is 1. The molecule has 1 aliphatic carbocycles. The first-order valence-corrected chi connectivity index (χ1v) is 6.28. The lowest BCUT2D eigenvalue weighted by atomic mass is 9.69. The van der Waals surface area contributed by atoms with E-state index in [0.717, 1.165) is 18.4 Å². The maximum atomic E-state index is 12.3. The van der Waals surface area contributed by atoms with Crippen LogP contribution >= 0.6 is 0 Å². The molecule has 17 heavy (non-hydrogen) atoms. The Morgan fingerprint density at radius 3 is 2.53 bits per heavy atom. The maximum Gasteiger partial charge on any atom is 0.162 e.